The molecule has 6 heteroatoms. The first-order valence-electron chi connectivity index (χ1n) is 7.47. The fourth-order valence-electron chi connectivity index (χ4n) is 3.30. The molecular weight excluding hydrogens is 260 g/mol. The number of hydrogen-bond acceptors (Lipinski definition) is 3. The molecule has 0 aromatic carbocycles. The third-order valence-corrected chi connectivity index (χ3v) is 4.53. The molecule has 3 N–H and O–H groups in total. The van der Waals surface area contributed by atoms with Crippen molar-refractivity contribution in [1.29, 1.82) is 0 Å². The highest BCUT2D eigenvalue weighted by Crippen LogP contribution is 2.27. The molecule has 2 aliphatic rings. The minimum atomic E-state index is -1.05. The molecular formula is C14H24N2O4. The largest absolute Gasteiger partial charge is 0.480 e. The summed E-state index contributed by atoms with van der Waals surface area (Å²) in [5.74, 6) is -0.578. The standard InChI is InChI=1S/C14H24N2O4/c1-9(10-5-3-2-4-6-10)15-14(20)16-8-11(17)7-12(16)13(18)19/h9-12,17H,2-8H2,1H3,(H,15,20)(H,18,19)/t9?,11-,12-/m0/s1. The van der Waals surface area contributed by atoms with E-state index in [9.17, 15) is 14.7 Å². The summed E-state index contributed by atoms with van der Waals surface area (Å²) in [5.41, 5.74) is 0. The lowest BCUT2D eigenvalue weighted by molar-refractivity contribution is -0.141. The zero-order valence-corrected chi connectivity index (χ0v) is 11.9. The first-order chi connectivity index (χ1) is 9.49. The van der Waals surface area contributed by atoms with Gasteiger partial charge in [-0.2, -0.15) is 0 Å². The van der Waals surface area contributed by atoms with Gasteiger partial charge in [0.25, 0.3) is 0 Å². The lowest BCUT2D eigenvalue weighted by Crippen LogP contribution is -2.50. The van der Waals surface area contributed by atoms with Crippen LogP contribution in [0.1, 0.15) is 45.4 Å². The molecule has 1 aliphatic carbocycles. The quantitative estimate of drug-likeness (QED) is 0.726. The number of hydrogen-bond donors (Lipinski definition) is 3. The van der Waals surface area contributed by atoms with Crippen LogP contribution in [0.15, 0.2) is 0 Å². The number of β-amino-alcohol motifs (C(OH)–C–C–N with tert-alkyl or cyclic N) is 1. The molecule has 3 atom stereocenters. The smallest absolute Gasteiger partial charge is 0.326 e. The second kappa shape index (κ2) is 6.43. The molecule has 1 saturated carbocycles. The maximum Gasteiger partial charge on any atom is 0.326 e. The first kappa shape index (κ1) is 15.1. The van der Waals surface area contributed by atoms with Crippen LogP contribution in [0.3, 0.4) is 0 Å². The Balaban J connectivity index is 1.91. The van der Waals surface area contributed by atoms with E-state index in [1.807, 2.05) is 6.92 Å². The number of carbonyl (C=O) groups is 2. The number of aliphatic hydroxyl groups is 1. The van der Waals surface area contributed by atoms with Gasteiger partial charge >= 0.3 is 12.0 Å². The zero-order valence-electron chi connectivity index (χ0n) is 11.9. The molecule has 0 radical (unpaired) electrons. The van der Waals surface area contributed by atoms with Crippen LogP contribution < -0.4 is 5.32 Å². The molecule has 20 heavy (non-hydrogen) atoms. The van der Waals surface area contributed by atoms with Crippen molar-refractivity contribution in [2.75, 3.05) is 6.54 Å². The van der Waals surface area contributed by atoms with Gasteiger partial charge in [-0.05, 0) is 25.7 Å². The van der Waals surface area contributed by atoms with Crippen LogP contribution in [-0.4, -0.2) is 51.8 Å². The number of carboxylic acids is 1. The molecule has 2 amide bonds. The van der Waals surface area contributed by atoms with E-state index in [0.29, 0.717) is 5.92 Å². The summed E-state index contributed by atoms with van der Waals surface area (Å²) in [5, 5.41) is 21.6. The molecule has 1 heterocycles. The van der Waals surface area contributed by atoms with E-state index in [4.69, 9.17) is 5.11 Å². The lowest BCUT2D eigenvalue weighted by atomic mass is 9.84. The number of amides is 2. The van der Waals surface area contributed by atoms with E-state index in [-0.39, 0.29) is 25.0 Å². The Kier molecular flexibility index (Phi) is 4.86. The number of nitrogens with zero attached hydrogens (tertiary/aromatic N) is 1. The lowest BCUT2D eigenvalue weighted by Gasteiger charge is -2.30. The van der Waals surface area contributed by atoms with Crippen molar-refractivity contribution in [3.05, 3.63) is 0 Å². The number of carboxylic acid groups (broad SMARTS) is 1. The number of urea groups is 1. The van der Waals surface area contributed by atoms with Gasteiger partial charge in [-0.25, -0.2) is 9.59 Å². The second-order valence-corrected chi connectivity index (χ2v) is 6.03. The van der Waals surface area contributed by atoms with Crippen molar-refractivity contribution in [1.82, 2.24) is 10.2 Å². The summed E-state index contributed by atoms with van der Waals surface area (Å²) in [6.45, 7) is 2.08. The van der Waals surface area contributed by atoms with Crippen molar-refractivity contribution in [3.8, 4) is 0 Å². The van der Waals surface area contributed by atoms with Gasteiger partial charge in [-0.1, -0.05) is 19.3 Å². The Morgan fingerprint density at radius 3 is 2.50 bits per heavy atom. The van der Waals surface area contributed by atoms with Crippen LogP contribution in [0.25, 0.3) is 0 Å². The van der Waals surface area contributed by atoms with Crippen LogP contribution in [-0.2, 0) is 4.79 Å². The van der Waals surface area contributed by atoms with Crippen molar-refractivity contribution >= 4 is 12.0 Å². The Labute approximate surface area is 119 Å². The molecule has 6 nitrogen and oxygen atoms in total. The number of likely N-dealkylation sites (tertiary alicyclic amines) is 1. The first-order valence-corrected chi connectivity index (χ1v) is 7.47. The number of aliphatic hydroxyl groups excluding tert-OH is 1. The predicted octanol–water partition coefficient (Wildman–Crippen LogP) is 1.18. The normalized spacial score (nSPS) is 29.2. The van der Waals surface area contributed by atoms with Crippen molar-refractivity contribution in [2.45, 2.75) is 63.6 Å². The highest BCUT2D eigenvalue weighted by atomic mass is 16.4. The summed E-state index contributed by atoms with van der Waals surface area (Å²) >= 11 is 0. The van der Waals surface area contributed by atoms with Crippen LogP contribution in [0.2, 0.25) is 0 Å². The van der Waals surface area contributed by atoms with Crippen molar-refractivity contribution in [3.63, 3.8) is 0 Å². The summed E-state index contributed by atoms with van der Waals surface area (Å²) in [7, 11) is 0. The molecule has 1 aliphatic heterocycles. The molecule has 0 aromatic heterocycles. The molecule has 0 bridgehead atoms. The number of nitrogens with one attached hydrogen (secondary N) is 1. The second-order valence-electron chi connectivity index (χ2n) is 6.03. The van der Waals surface area contributed by atoms with Crippen LogP contribution >= 0.6 is 0 Å². The van der Waals surface area contributed by atoms with Gasteiger partial charge < -0.3 is 20.4 Å². The predicted molar refractivity (Wildman–Crippen MR) is 73.3 cm³/mol. The topological polar surface area (TPSA) is 89.9 Å². The molecule has 2 rings (SSSR count). The maximum absolute atomic E-state index is 12.2. The minimum absolute atomic E-state index is 0.0509. The van der Waals surface area contributed by atoms with E-state index in [1.54, 1.807) is 0 Å². The van der Waals surface area contributed by atoms with Crippen LogP contribution in [0.4, 0.5) is 4.79 Å². The average molecular weight is 284 g/mol. The zero-order chi connectivity index (χ0) is 14.7. The number of rotatable bonds is 3. The SMILES string of the molecule is CC(NC(=O)N1C[C@@H](O)C[C@H]1C(=O)O)C1CCCCC1. The summed E-state index contributed by atoms with van der Waals surface area (Å²) in [6, 6.07) is -1.23. The van der Waals surface area contributed by atoms with Gasteiger partial charge in [0.2, 0.25) is 0 Å². The number of aliphatic carboxylic acids is 1. The molecule has 1 unspecified atom stereocenters. The van der Waals surface area contributed by atoms with Crippen molar-refractivity contribution < 1.29 is 19.8 Å². The Morgan fingerprint density at radius 2 is 1.90 bits per heavy atom. The van der Waals surface area contributed by atoms with Gasteiger partial charge in [0.15, 0.2) is 0 Å². The van der Waals surface area contributed by atoms with E-state index in [0.717, 1.165) is 12.8 Å². The highest BCUT2D eigenvalue weighted by Gasteiger charge is 2.39. The van der Waals surface area contributed by atoms with E-state index in [2.05, 4.69) is 5.32 Å². The monoisotopic (exact) mass is 284 g/mol. The van der Waals surface area contributed by atoms with Gasteiger partial charge in [-0.3, -0.25) is 0 Å². The fourth-order valence-corrected chi connectivity index (χ4v) is 3.30. The Bertz CT molecular complexity index is 368. The molecule has 114 valence electrons. The summed E-state index contributed by atoms with van der Waals surface area (Å²) in [4.78, 5) is 24.6. The van der Waals surface area contributed by atoms with Crippen molar-refractivity contribution in [2.24, 2.45) is 5.92 Å². The molecule has 0 aromatic rings. The third-order valence-electron chi connectivity index (χ3n) is 4.53. The minimum Gasteiger partial charge on any atom is -0.480 e. The van der Waals surface area contributed by atoms with Crippen LogP contribution in [0.5, 0.6) is 0 Å². The highest BCUT2D eigenvalue weighted by molar-refractivity contribution is 5.83. The van der Waals surface area contributed by atoms with Gasteiger partial charge in [0, 0.05) is 19.0 Å². The summed E-state index contributed by atoms with van der Waals surface area (Å²) in [6.07, 6.45) is 5.26. The van der Waals surface area contributed by atoms with Gasteiger partial charge in [0.1, 0.15) is 6.04 Å². The number of carbonyl (C=O) groups excluding carboxylic acids is 1. The molecule has 2 fully saturated rings. The van der Waals surface area contributed by atoms with E-state index in [1.165, 1.54) is 24.2 Å². The van der Waals surface area contributed by atoms with Crippen LogP contribution in [0, 0.1) is 5.92 Å². The summed E-state index contributed by atoms with van der Waals surface area (Å²) < 4.78 is 0. The van der Waals surface area contributed by atoms with E-state index < -0.39 is 18.1 Å². The molecule has 0 spiro atoms. The Hall–Kier alpha value is -1.30. The average Bonchev–Trinajstić information content (AvgIpc) is 2.82. The fraction of sp³-hybridized carbons (Fsp3) is 0.857. The van der Waals surface area contributed by atoms with Gasteiger partial charge in [0.05, 0.1) is 6.10 Å². The third kappa shape index (κ3) is 3.42. The molecule has 1 saturated heterocycles. The van der Waals surface area contributed by atoms with Gasteiger partial charge in [-0.15, -0.1) is 0 Å². The Morgan fingerprint density at radius 1 is 1.25 bits per heavy atom. The maximum atomic E-state index is 12.2. The van der Waals surface area contributed by atoms with E-state index >= 15 is 0 Å².